The molecule has 0 aliphatic rings. The molecule has 33 heavy (non-hydrogen) atoms. The summed E-state index contributed by atoms with van der Waals surface area (Å²) in [6.07, 6.45) is 0.796. The number of sulfonamides is 1. The summed E-state index contributed by atoms with van der Waals surface area (Å²) in [4.78, 5) is 12.7. The van der Waals surface area contributed by atoms with E-state index in [1.807, 2.05) is 11.8 Å². The molecule has 0 bridgehead atoms. The molecular formula is C25H27ClN2O3S2. The number of carbonyl (C=O) groups excluding carboxylic acids is 1. The number of nitrogens with one attached hydrogen (secondary N) is 1. The first-order valence-electron chi connectivity index (χ1n) is 10.6. The Kier molecular flexibility index (Phi) is 9.23. The minimum absolute atomic E-state index is 0.116. The second-order valence-corrected chi connectivity index (χ2v) is 11.0. The molecule has 174 valence electrons. The van der Waals surface area contributed by atoms with Crippen molar-refractivity contribution in [2.45, 2.75) is 24.0 Å². The summed E-state index contributed by atoms with van der Waals surface area (Å²) in [5, 5.41) is 3.23. The zero-order valence-electron chi connectivity index (χ0n) is 18.4. The Hall–Kier alpha value is -2.48. The summed E-state index contributed by atoms with van der Waals surface area (Å²) in [5.74, 6) is 1.46. The number of hydrogen-bond donors (Lipinski definition) is 1. The number of halogens is 1. The van der Waals surface area contributed by atoms with E-state index >= 15 is 0 Å². The molecule has 0 saturated carbocycles. The highest BCUT2D eigenvalue weighted by Gasteiger charge is 2.27. The van der Waals surface area contributed by atoms with Gasteiger partial charge in [-0.2, -0.15) is 11.8 Å². The van der Waals surface area contributed by atoms with Crippen molar-refractivity contribution >= 4 is 45.0 Å². The number of aryl methyl sites for hydroxylation is 1. The van der Waals surface area contributed by atoms with Crippen LogP contribution in [0, 0.1) is 6.92 Å². The van der Waals surface area contributed by atoms with E-state index < -0.39 is 10.0 Å². The van der Waals surface area contributed by atoms with Gasteiger partial charge in [0, 0.05) is 17.3 Å². The molecule has 0 aliphatic carbocycles. The van der Waals surface area contributed by atoms with Gasteiger partial charge in [-0.3, -0.25) is 9.10 Å². The number of hydrogen-bond acceptors (Lipinski definition) is 4. The second kappa shape index (κ2) is 12.1. The maximum atomic E-state index is 13.3. The van der Waals surface area contributed by atoms with Crippen molar-refractivity contribution in [1.82, 2.24) is 5.32 Å². The van der Waals surface area contributed by atoms with Crippen molar-refractivity contribution in [3.8, 4) is 0 Å². The third kappa shape index (κ3) is 7.52. The number of anilines is 1. The highest BCUT2D eigenvalue weighted by atomic mass is 35.5. The summed E-state index contributed by atoms with van der Waals surface area (Å²) in [6.45, 7) is 2.23. The molecule has 3 aromatic carbocycles. The van der Waals surface area contributed by atoms with E-state index in [4.69, 9.17) is 11.6 Å². The molecule has 0 atom stereocenters. The zero-order chi connectivity index (χ0) is 23.7. The number of benzene rings is 3. The van der Waals surface area contributed by atoms with Crippen LogP contribution >= 0.6 is 23.4 Å². The number of rotatable bonds is 11. The van der Waals surface area contributed by atoms with Gasteiger partial charge >= 0.3 is 0 Å². The minimum atomic E-state index is -3.93. The summed E-state index contributed by atoms with van der Waals surface area (Å²) < 4.78 is 27.6. The molecule has 0 unspecified atom stereocenters. The van der Waals surface area contributed by atoms with Gasteiger partial charge in [-0.25, -0.2) is 8.42 Å². The second-order valence-electron chi connectivity index (χ2n) is 7.55. The van der Waals surface area contributed by atoms with Gasteiger partial charge in [0.05, 0.1) is 10.6 Å². The van der Waals surface area contributed by atoms with Gasteiger partial charge < -0.3 is 5.32 Å². The van der Waals surface area contributed by atoms with Gasteiger partial charge in [0.25, 0.3) is 10.0 Å². The van der Waals surface area contributed by atoms with Crippen LogP contribution in [0.3, 0.4) is 0 Å². The average Bonchev–Trinajstić information content (AvgIpc) is 2.80. The first-order chi connectivity index (χ1) is 15.9. The Morgan fingerprint density at radius 3 is 2.48 bits per heavy atom. The molecule has 0 aliphatic heterocycles. The van der Waals surface area contributed by atoms with Gasteiger partial charge in [0.2, 0.25) is 5.91 Å². The number of amides is 1. The number of carbonyl (C=O) groups is 1. The van der Waals surface area contributed by atoms with Crippen molar-refractivity contribution in [2.75, 3.05) is 23.1 Å². The lowest BCUT2D eigenvalue weighted by Crippen LogP contribution is -2.41. The molecule has 0 fully saturated rings. The highest BCUT2D eigenvalue weighted by Crippen LogP contribution is 2.26. The van der Waals surface area contributed by atoms with Crippen molar-refractivity contribution in [1.29, 1.82) is 0 Å². The van der Waals surface area contributed by atoms with Gasteiger partial charge in [-0.05, 0) is 55.0 Å². The Morgan fingerprint density at radius 1 is 1.00 bits per heavy atom. The normalized spacial score (nSPS) is 11.2. The van der Waals surface area contributed by atoms with Crippen LogP contribution in [0.1, 0.15) is 17.5 Å². The number of thioether (sulfide) groups is 1. The van der Waals surface area contributed by atoms with Crippen LogP contribution in [-0.2, 0) is 20.6 Å². The van der Waals surface area contributed by atoms with Crippen molar-refractivity contribution < 1.29 is 13.2 Å². The topological polar surface area (TPSA) is 66.5 Å². The summed E-state index contributed by atoms with van der Waals surface area (Å²) in [6, 6.07) is 23.0. The fourth-order valence-electron chi connectivity index (χ4n) is 3.25. The van der Waals surface area contributed by atoms with Crippen molar-refractivity contribution in [3.05, 3.63) is 95.0 Å². The Bertz CT molecular complexity index is 1170. The number of nitrogens with zero attached hydrogens (tertiary/aromatic N) is 1. The third-order valence-electron chi connectivity index (χ3n) is 4.85. The highest BCUT2D eigenvalue weighted by molar-refractivity contribution is 7.98. The van der Waals surface area contributed by atoms with E-state index in [1.165, 1.54) is 29.3 Å². The molecular weight excluding hydrogens is 476 g/mol. The molecule has 0 radical (unpaired) electrons. The minimum Gasteiger partial charge on any atom is -0.354 e. The summed E-state index contributed by atoms with van der Waals surface area (Å²) in [5.41, 5.74) is 2.87. The van der Waals surface area contributed by atoms with Gasteiger partial charge in [0.1, 0.15) is 6.54 Å². The lowest BCUT2D eigenvalue weighted by Gasteiger charge is -2.24. The summed E-state index contributed by atoms with van der Waals surface area (Å²) in [7, 11) is -3.93. The molecule has 1 N–H and O–H groups in total. The molecule has 0 heterocycles. The van der Waals surface area contributed by atoms with Crippen LogP contribution in [0.25, 0.3) is 0 Å². The van der Waals surface area contributed by atoms with Crippen molar-refractivity contribution in [3.63, 3.8) is 0 Å². The first-order valence-corrected chi connectivity index (χ1v) is 13.6. The maximum absolute atomic E-state index is 13.3. The fraction of sp³-hybridized carbons (Fsp3) is 0.240. The van der Waals surface area contributed by atoms with E-state index in [2.05, 4.69) is 36.5 Å². The molecule has 0 saturated heterocycles. The molecule has 0 spiro atoms. The Balaban J connectivity index is 1.56. The van der Waals surface area contributed by atoms with E-state index in [1.54, 1.807) is 36.4 Å². The van der Waals surface area contributed by atoms with Crippen LogP contribution < -0.4 is 9.62 Å². The van der Waals surface area contributed by atoms with Crippen LogP contribution in [0.5, 0.6) is 0 Å². The molecule has 0 aromatic heterocycles. The molecule has 5 nitrogen and oxygen atoms in total. The third-order valence-corrected chi connectivity index (χ3v) is 7.99. The van der Waals surface area contributed by atoms with Gasteiger partial charge in [-0.1, -0.05) is 65.7 Å². The monoisotopic (exact) mass is 502 g/mol. The van der Waals surface area contributed by atoms with Crippen LogP contribution in [-0.4, -0.2) is 33.2 Å². The largest absolute Gasteiger partial charge is 0.354 e. The van der Waals surface area contributed by atoms with Crippen LogP contribution in [0.4, 0.5) is 5.69 Å². The van der Waals surface area contributed by atoms with Crippen molar-refractivity contribution in [2.24, 2.45) is 0 Å². The summed E-state index contributed by atoms with van der Waals surface area (Å²) >= 11 is 7.89. The fourth-order valence-corrected chi connectivity index (χ4v) is 5.77. The van der Waals surface area contributed by atoms with E-state index in [0.717, 1.165) is 22.2 Å². The van der Waals surface area contributed by atoms with E-state index in [0.29, 0.717) is 17.3 Å². The molecule has 8 heteroatoms. The SMILES string of the molecule is Cc1cccc(CSCCCNC(=O)CN(c2cccc(Cl)c2)S(=O)(=O)c2ccccc2)c1. The lowest BCUT2D eigenvalue weighted by molar-refractivity contribution is -0.119. The maximum Gasteiger partial charge on any atom is 0.264 e. The quantitative estimate of drug-likeness (QED) is 0.362. The predicted octanol–water partition coefficient (Wildman–Crippen LogP) is 5.28. The average molecular weight is 503 g/mol. The standard InChI is InChI=1S/C25H27ClN2O3S2/c1-20-8-5-9-21(16-20)19-32-15-7-14-27-25(29)18-28(23-11-6-10-22(26)17-23)33(30,31)24-12-3-2-4-13-24/h2-6,8-13,16-17H,7,14-15,18-19H2,1H3,(H,27,29). The Labute approximate surface area is 205 Å². The van der Waals surface area contributed by atoms with Gasteiger partial charge in [-0.15, -0.1) is 0 Å². The lowest BCUT2D eigenvalue weighted by atomic mass is 10.2. The van der Waals surface area contributed by atoms with E-state index in [9.17, 15) is 13.2 Å². The smallest absolute Gasteiger partial charge is 0.264 e. The first kappa shape index (κ1) is 25.1. The molecule has 1 amide bonds. The zero-order valence-corrected chi connectivity index (χ0v) is 20.8. The van der Waals surface area contributed by atoms with Crippen LogP contribution in [0.2, 0.25) is 5.02 Å². The Morgan fingerprint density at radius 2 is 1.76 bits per heavy atom. The molecule has 3 rings (SSSR count). The van der Waals surface area contributed by atoms with Crippen LogP contribution in [0.15, 0.2) is 83.8 Å². The molecule has 3 aromatic rings. The van der Waals surface area contributed by atoms with Gasteiger partial charge in [0.15, 0.2) is 0 Å². The van der Waals surface area contributed by atoms with E-state index in [-0.39, 0.29) is 17.3 Å². The predicted molar refractivity (Wildman–Crippen MR) is 137 cm³/mol.